The van der Waals surface area contributed by atoms with Crippen LogP contribution < -0.4 is 0 Å². The number of nitro benzene ring substituents is 1. The summed E-state index contributed by atoms with van der Waals surface area (Å²) < 4.78 is 0.624. The molecule has 0 atom stereocenters. The van der Waals surface area contributed by atoms with Crippen LogP contribution in [-0.2, 0) is 6.42 Å². The summed E-state index contributed by atoms with van der Waals surface area (Å²) in [6, 6.07) is 5.17. The summed E-state index contributed by atoms with van der Waals surface area (Å²) in [7, 11) is 0. The highest BCUT2D eigenvalue weighted by atomic mass is 79.9. The van der Waals surface area contributed by atoms with Crippen LogP contribution in [0.4, 0.5) is 5.69 Å². The number of nitrogens with zero attached hydrogens (tertiary/aromatic N) is 1. The van der Waals surface area contributed by atoms with E-state index in [9.17, 15) is 10.1 Å². The van der Waals surface area contributed by atoms with Gasteiger partial charge in [-0.1, -0.05) is 25.5 Å². The molecule has 4 heteroatoms. The van der Waals surface area contributed by atoms with Crippen LogP contribution in [-0.4, -0.2) is 4.92 Å². The maximum absolute atomic E-state index is 10.6. The lowest BCUT2D eigenvalue weighted by Crippen LogP contribution is -1.93. The highest BCUT2D eigenvalue weighted by molar-refractivity contribution is 9.10. The van der Waals surface area contributed by atoms with Crippen LogP contribution >= 0.6 is 15.9 Å². The van der Waals surface area contributed by atoms with E-state index in [0.29, 0.717) is 4.47 Å². The lowest BCUT2D eigenvalue weighted by molar-refractivity contribution is -0.385. The third-order valence-corrected chi connectivity index (χ3v) is 2.97. The van der Waals surface area contributed by atoms with E-state index in [1.165, 1.54) is 6.07 Å². The van der Waals surface area contributed by atoms with Gasteiger partial charge in [0.2, 0.25) is 0 Å². The normalized spacial score (nSPS) is 10.1. The first-order chi connectivity index (χ1) is 6.66. The van der Waals surface area contributed by atoms with E-state index in [1.807, 2.05) is 6.07 Å². The van der Waals surface area contributed by atoms with Crippen molar-refractivity contribution < 1.29 is 4.92 Å². The third kappa shape index (κ3) is 2.54. The molecule has 14 heavy (non-hydrogen) atoms. The summed E-state index contributed by atoms with van der Waals surface area (Å²) in [5.41, 5.74) is 1.17. The summed E-state index contributed by atoms with van der Waals surface area (Å²) in [6.45, 7) is 2.10. The Hall–Kier alpha value is -0.900. The quantitative estimate of drug-likeness (QED) is 0.610. The molecule has 0 saturated carbocycles. The van der Waals surface area contributed by atoms with Crippen molar-refractivity contribution in [3.63, 3.8) is 0 Å². The van der Waals surface area contributed by atoms with Gasteiger partial charge in [0, 0.05) is 6.07 Å². The summed E-state index contributed by atoms with van der Waals surface area (Å²) >= 11 is 3.27. The van der Waals surface area contributed by atoms with E-state index in [0.717, 1.165) is 24.8 Å². The van der Waals surface area contributed by atoms with Crippen molar-refractivity contribution in [2.45, 2.75) is 26.2 Å². The van der Waals surface area contributed by atoms with E-state index in [-0.39, 0.29) is 10.6 Å². The molecule has 1 aromatic rings. The van der Waals surface area contributed by atoms with Crippen molar-refractivity contribution in [2.24, 2.45) is 0 Å². The lowest BCUT2D eigenvalue weighted by Gasteiger charge is -2.03. The molecule has 1 rings (SSSR count). The van der Waals surface area contributed by atoms with Crippen LogP contribution in [0.3, 0.4) is 0 Å². The van der Waals surface area contributed by atoms with Crippen molar-refractivity contribution in [3.05, 3.63) is 38.3 Å². The fraction of sp³-hybridized carbons (Fsp3) is 0.400. The summed E-state index contributed by atoms with van der Waals surface area (Å²) in [6.07, 6.45) is 3.04. The number of rotatable bonds is 4. The number of halogens is 1. The monoisotopic (exact) mass is 257 g/mol. The minimum atomic E-state index is -0.362. The molecule has 1 aromatic carbocycles. The lowest BCUT2D eigenvalue weighted by atomic mass is 10.1. The van der Waals surface area contributed by atoms with Gasteiger partial charge in [0.15, 0.2) is 0 Å². The maximum atomic E-state index is 10.6. The fourth-order valence-electron chi connectivity index (χ4n) is 1.27. The Morgan fingerprint density at radius 1 is 1.50 bits per heavy atom. The number of benzene rings is 1. The molecule has 0 unspecified atom stereocenters. The van der Waals surface area contributed by atoms with Gasteiger partial charge in [0.1, 0.15) is 0 Å². The third-order valence-electron chi connectivity index (χ3n) is 2.05. The molecule has 0 radical (unpaired) electrons. The van der Waals surface area contributed by atoms with E-state index >= 15 is 0 Å². The Morgan fingerprint density at radius 3 is 2.79 bits per heavy atom. The maximum Gasteiger partial charge on any atom is 0.283 e. The Morgan fingerprint density at radius 2 is 2.21 bits per heavy atom. The van der Waals surface area contributed by atoms with Crippen LogP contribution in [0.2, 0.25) is 0 Å². The molecule has 0 bridgehead atoms. The first kappa shape index (κ1) is 11.2. The molecule has 3 nitrogen and oxygen atoms in total. The molecule has 0 aromatic heterocycles. The van der Waals surface area contributed by atoms with Gasteiger partial charge in [-0.3, -0.25) is 10.1 Å². The van der Waals surface area contributed by atoms with Crippen molar-refractivity contribution in [3.8, 4) is 0 Å². The summed E-state index contributed by atoms with van der Waals surface area (Å²) in [5.74, 6) is 0. The fourth-order valence-corrected chi connectivity index (χ4v) is 1.87. The van der Waals surface area contributed by atoms with E-state index < -0.39 is 0 Å². The Labute approximate surface area is 91.4 Å². The van der Waals surface area contributed by atoms with E-state index in [2.05, 4.69) is 22.9 Å². The zero-order chi connectivity index (χ0) is 10.6. The Balaban J connectivity index is 2.95. The molecule has 0 heterocycles. The number of hydrogen-bond acceptors (Lipinski definition) is 2. The average Bonchev–Trinajstić information content (AvgIpc) is 2.16. The topological polar surface area (TPSA) is 43.1 Å². The van der Waals surface area contributed by atoms with E-state index in [4.69, 9.17) is 0 Å². The van der Waals surface area contributed by atoms with Gasteiger partial charge in [-0.25, -0.2) is 0 Å². The first-order valence-corrected chi connectivity index (χ1v) is 5.38. The zero-order valence-corrected chi connectivity index (χ0v) is 9.58. The largest absolute Gasteiger partial charge is 0.283 e. The molecule has 0 fully saturated rings. The highest BCUT2D eigenvalue weighted by Crippen LogP contribution is 2.29. The predicted molar refractivity (Wildman–Crippen MR) is 59.4 cm³/mol. The van der Waals surface area contributed by atoms with Gasteiger partial charge in [-0.15, -0.1) is 0 Å². The highest BCUT2D eigenvalue weighted by Gasteiger charge is 2.13. The van der Waals surface area contributed by atoms with Crippen LogP contribution in [0, 0.1) is 10.1 Å². The first-order valence-electron chi connectivity index (χ1n) is 4.58. The zero-order valence-electron chi connectivity index (χ0n) is 8.00. The second-order valence-corrected chi connectivity index (χ2v) is 3.90. The average molecular weight is 258 g/mol. The van der Waals surface area contributed by atoms with Gasteiger partial charge in [0.25, 0.3) is 5.69 Å². The van der Waals surface area contributed by atoms with Crippen LogP contribution in [0.25, 0.3) is 0 Å². The van der Waals surface area contributed by atoms with Gasteiger partial charge in [-0.2, -0.15) is 0 Å². The molecular weight excluding hydrogens is 246 g/mol. The van der Waals surface area contributed by atoms with Crippen LogP contribution in [0.15, 0.2) is 22.7 Å². The molecule has 0 aliphatic rings. The van der Waals surface area contributed by atoms with Crippen molar-refractivity contribution in [1.82, 2.24) is 0 Å². The SMILES string of the molecule is CCCCc1cccc([N+](=O)[O-])c1Br. The van der Waals surface area contributed by atoms with Gasteiger partial charge in [-0.05, 0) is 34.3 Å². The number of hydrogen-bond donors (Lipinski definition) is 0. The second kappa shape index (κ2) is 5.10. The standard InChI is InChI=1S/C10H12BrNO2/c1-2-3-5-8-6-4-7-9(10(8)11)12(13)14/h4,6-7H,2-3,5H2,1H3. The Kier molecular flexibility index (Phi) is 4.07. The second-order valence-electron chi connectivity index (χ2n) is 3.11. The molecule has 0 amide bonds. The molecule has 0 aliphatic heterocycles. The van der Waals surface area contributed by atoms with Crippen molar-refractivity contribution >= 4 is 21.6 Å². The number of nitro groups is 1. The minimum absolute atomic E-state index is 0.151. The van der Waals surface area contributed by atoms with Crippen molar-refractivity contribution in [1.29, 1.82) is 0 Å². The number of unbranched alkanes of at least 4 members (excludes halogenated alkanes) is 1. The van der Waals surface area contributed by atoms with Crippen LogP contribution in [0.5, 0.6) is 0 Å². The smallest absolute Gasteiger partial charge is 0.258 e. The molecule has 0 spiro atoms. The number of aryl methyl sites for hydroxylation is 1. The Bertz CT molecular complexity index is 339. The molecule has 0 aliphatic carbocycles. The van der Waals surface area contributed by atoms with Crippen molar-refractivity contribution in [2.75, 3.05) is 0 Å². The minimum Gasteiger partial charge on any atom is -0.258 e. The predicted octanol–water partition coefficient (Wildman–Crippen LogP) is 3.70. The van der Waals surface area contributed by atoms with Gasteiger partial charge >= 0.3 is 0 Å². The molecule has 76 valence electrons. The van der Waals surface area contributed by atoms with Crippen LogP contribution in [0.1, 0.15) is 25.3 Å². The molecule has 0 N–H and O–H groups in total. The molecule has 0 saturated heterocycles. The summed E-state index contributed by atoms with van der Waals surface area (Å²) in [5, 5.41) is 10.6. The van der Waals surface area contributed by atoms with Gasteiger partial charge in [0.05, 0.1) is 9.40 Å². The molecular formula is C10H12BrNO2. The van der Waals surface area contributed by atoms with Gasteiger partial charge < -0.3 is 0 Å². The van der Waals surface area contributed by atoms with E-state index in [1.54, 1.807) is 6.07 Å². The summed E-state index contributed by atoms with van der Waals surface area (Å²) in [4.78, 5) is 10.3.